The molecule has 3 rings (SSSR count). The summed E-state index contributed by atoms with van der Waals surface area (Å²) in [4.78, 5) is 22.4. The van der Waals surface area contributed by atoms with Crippen molar-refractivity contribution in [3.05, 3.63) is 30.4 Å². The maximum Gasteiger partial charge on any atom is 0.410 e. The molecule has 24 heavy (non-hydrogen) atoms. The summed E-state index contributed by atoms with van der Waals surface area (Å²) in [7, 11) is 0. The molecule has 0 aliphatic carbocycles. The fourth-order valence-electron chi connectivity index (χ4n) is 2.65. The second-order valence-electron chi connectivity index (χ2n) is 6.94. The van der Waals surface area contributed by atoms with Crippen LogP contribution in [0.2, 0.25) is 0 Å². The number of hydrogen-bond donors (Lipinski definition) is 0. The van der Waals surface area contributed by atoms with Crippen LogP contribution < -0.4 is 0 Å². The first kappa shape index (κ1) is 16.4. The van der Waals surface area contributed by atoms with E-state index in [1.54, 1.807) is 17.3 Å². The van der Waals surface area contributed by atoms with Gasteiger partial charge in [-0.1, -0.05) is 5.16 Å². The molecule has 0 unspecified atom stereocenters. The summed E-state index contributed by atoms with van der Waals surface area (Å²) in [5.41, 5.74) is 0.359. The van der Waals surface area contributed by atoms with Crippen molar-refractivity contribution in [3.63, 3.8) is 0 Å². The molecule has 1 amide bonds. The number of rotatable bonds is 2. The van der Waals surface area contributed by atoms with Crippen LogP contribution in [0.15, 0.2) is 29.0 Å². The van der Waals surface area contributed by atoms with E-state index in [1.165, 1.54) is 0 Å². The van der Waals surface area contributed by atoms with Crippen LogP contribution in [0.25, 0.3) is 11.4 Å². The molecule has 0 radical (unpaired) electrons. The number of nitrogens with zero attached hydrogens (tertiary/aromatic N) is 4. The molecule has 128 valence electrons. The largest absolute Gasteiger partial charge is 0.444 e. The lowest BCUT2D eigenvalue weighted by molar-refractivity contribution is 0.0198. The summed E-state index contributed by atoms with van der Waals surface area (Å²) in [5.74, 6) is 1.34. The minimum Gasteiger partial charge on any atom is -0.444 e. The number of pyridine rings is 1. The van der Waals surface area contributed by atoms with Crippen LogP contribution in [0.5, 0.6) is 0 Å². The van der Waals surface area contributed by atoms with E-state index in [1.807, 2.05) is 32.9 Å². The van der Waals surface area contributed by atoms with Crippen molar-refractivity contribution < 1.29 is 14.1 Å². The molecule has 0 bridgehead atoms. The Labute approximate surface area is 141 Å². The van der Waals surface area contributed by atoms with Gasteiger partial charge in [0.1, 0.15) is 5.60 Å². The number of aromatic nitrogens is 3. The third-order valence-corrected chi connectivity index (χ3v) is 3.86. The molecule has 1 fully saturated rings. The van der Waals surface area contributed by atoms with Crippen LogP contribution in [0.1, 0.15) is 45.4 Å². The predicted octanol–water partition coefficient (Wildman–Crippen LogP) is 3.25. The molecule has 0 atom stereocenters. The van der Waals surface area contributed by atoms with Crippen molar-refractivity contribution in [1.82, 2.24) is 20.0 Å². The van der Waals surface area contributed by atoms with E-state index in [-0.39, 0.29) is 12.0 Å². The fourth-order valence-corrected chi connectivity index (χ4v) is 2.65. The standard InChI is InChI=1S/C17H22N4O3/c1-17(2,3)23-16(22)21-9-6-12(7-10-21)15-19-14(20-24-15)13-5-4-8-18-11-13/h4-5,8,11-12H,6-7,9-10H2,1-3H3. The monoisotopic (exact) mass is 330 g/mol. The van der Waals surface area contributed by atoms with E-state index >= 15 is 0 Å². The van der Waals surface area contributed by atoms with Gasteiger partial charge < -0.3 is 14.2 Å². The number of amides is 1. The third kappa shape index (κ3) is 3.90. The van der Waals surface area contributed by atoms with Gasteiger partial charge in [0.15, 0.2) is 0 Å². The zero-order chi connectivity index (χ0) is 17.2. The highest BCUT2D eigenvalue weighted by molar-refractivity contribution is 5.68. The van der Waals surface area contributed by atoms with Gasteiger partial charge in [0.25, 0.3) is 0 Å². The Morgan fingerprint density at radius 2 is 2.08 bits per heavy atom. The minimum atomic E-state index is -0.473. The molecule has 1 aliphatic heterocycles. The van der Waals surface area contributed by atoms with Gasteiger partial charge >= 0.3 is 6.09 Å². The van der Waals surface area contributed by atoms with Crippen LogP contribution in [0.3, 0.4) is 0 Å². The lowest BCUT2D eigenvalue weighted by Gasteiger charge is -2.32. The highest BCUT2D eigenvalue weighted by atomic mass is 16.6. The van der Waals surface area contributed by atoms with E-state index in [0.717, 1.165) is 18.4 Å². The lowest BCUT2D eigenvalue weighted by atomic mass is 9.97. The first-order valence-electron chi connectivity index (χ1n) is 8.14. The Morgan fingerprint density at radius 1 is 1.33 bits per heavy atom. The van der Waals surface area contributed by atoms with Crippen molar-refractivity contribution in [1.29, 1.82) is 0 Å². The molecule has 0 aromatic carbocycles. The maximum atomic E-state index is 12.1. The van der Waals surface area contributed by atoms with Crippen LogP contribution in [-0.2, 0) is 4.74 Å². The molecule has 7 heteroatoms. The zero-order valence-electron chi connectivity index (χ0n) is 14.2. The average Bonchev–Trinajstić information content (AvgIpc) is 3.04. The maximum absolute atomic E-state index is 12.1. The number of piperidine rings is 1. The summed E-state index contributed by atoms with van der Waals surface area (Å²) >= 11 is 0. The second kappa shape index (κ2) is 6.59. The van der Waals surface area contributed by atoms with Crippen molar-refractivity contribution in [3.8, 4) is 11.4 Å². The van der Waals surface area contributed by atoms with Crippen LogP contribution >= 0.6 is 0 Å². The topological polar surface area (TPSA) is 81.4 Å². The Morgan fingerprint density at radius 3 is 2.71 bits per heavy atom. The Balaban J connectivity index is 1.59. The third-order valence-electron chi connectivity index (χ3n) is 3.86. The minimum absolute atomic E-state index is 0.168. The van der Waals surface area contributed by atoms with Crippen molar-refractivity contribution >= 4 is 6.09 Å². The first-order chi connectivity index (χ1) is 11.4. The SMILES string of the molecule is CC(C)(C)OC(=O)N1CCC(c2nc(-c3cccnc3)no2)CC1. The van der Waals surface area contributed by atoms with Gasteiger partial charge in [0.05, 0.1) is 0 Å². The molecule has 2 aromatic heterocycles. The lowest BCUT2D eigenvalue weighted by Crippen LogP contribution is -2.41. The van der Waals surface area contributed by atoms with Crippen molar-refractivity contribution in [2.75, 3.05) is 13.1 Å². The van der Waals surface area contributed by atoms with Crippen LogP contribution in [-0.4, -0.2) is 44.8 Å². The average molecular weight is 330 g/mol. The van der Waals surface area contributed by atoms with Gasteiger partial charge in [-0.05, 0) is 45.7 Å². The smallest absolute Gasteiger partial charge is 0.410 e. The molecule has 1 saturated heterocycles. The Bertz CT molecular complexity index is 685. The summed E-state index contributed by atoms with van der Waals surface area (Å²) in [6.45, 7) is 6.87. The van der Waals surface area contributed by atoms with E-state index in [9.17, 15) is 4.79 Å². The van der Waals surface area contributed by atoms with Gasteiger partial charge in [-0.3, -0.25) is 4.98 Å². The van der Waals surface area contributed by atoms with E-state index in [0.29, 0.717) is 24.8 Å². The van der Waals surface area contributed by atoms with Crippen molar-refractivity contribution in [2.45, 2.75) is 45.1 Å². The van der Waals surface area contributed by atoms with Crippen LogP contribution in [0, 0.1) is 0 Å². The van der Waals surface area contributed by atoms with E-state index < -0.39 is 5.60 Å². The van der Waals surface area contributed by atoms with Gasteiger partial charge in [-0.15, -0.1) is 0 Å². The second-order valence-corrected chi connectivity index (χ2v) is 6.94. The predicted molar refractivity (Wildman–Crippen MR) is 87.3 cm³/mol. The Hall–Kier alpha value is -2.44. The highest BCUT2D eigenvalue weighted by Crippen LogP contribution is 2.29. The van der Waals surface area contributed by atoms with Crippen LogP contribution in [0.4, 0.5) is 4.79 Å². The molecular formula is C17H22N4O3. The van der Waals surface area contributed by atoms with Gasteiger partial charge in [-0.2, -0.15) is 4.98 Å². The summed E-state index contributed by atoms with van der Waals surface area (Å²) in [5, 5.41) is 4.03. The summed E-state index contributed by atoms with van der Waals surface area (Å²) in [6.07, 6.45) is 4.72. The highest BCUT2D eigenvalue weighted by Gasteiger charge is 2.30. The molecule has 7 nitrogen and oxygen atoms in total. The summed E-state index contributed by atoms with van der Waals surface area (Å²) in [6, 6.07) is 3.73. The normalized spacial score (nSPS) is 16.2. The molecular weight excluding hydrogens is 308 g/mol. The number of carbonyl (C=O) groups excluding carboxylic acids is 1. The molecule has 1 aliphatic rings. The molecule has 0 N–H and O–H groups in total. The van der Waals surface area contributed by atoms with Gasteiger partial charge in [0, 0.05) is 37.0 Å². The molecule has 0 spiro atoms. The number of carbonyl (C=O) groups is 1. The van der Waals surface area contributed by atoms with E-state index in [4.69, 9.17) is 9.26 Å². The number of likely N-dealkylation sites (tertiary alicyclic amines) is 1. The zero-order valence-corrected chi connectivity index (χ0v) is 14.2. The first-order valence-corrected chi connectivity index (χ1v) is 8.14. The molecule has 0 saturated carbocycles. The van der Waals surface area contributed by atoms with Gasteiger partial charge in [0.2, 0.25) is 11.7 Å². The molecule has 3 heterocycles. The Kier molecular flexibility index (Phi) is 4.51. The van der Waals surface area contributed by atoms with Crippen molar-refractivity contribution in [2.24, 2.45) is 0 Å². The molecule has 2 aromatic rings. The van der Waals surface area contributed by atoms with Gasteiger partial charge in [-0.25, -0.2) is 4.79 Å². The van der Waals surface area contributed by atoms with E-state index in [2.05, 4.69) is 15.1 Å². The fraction of sp³-hybridized carbons (Fsp3) is 0.529. The number of ether oxygens (including phenoxy) is 1. The quantitative estimate of drug-likeness (QED) is 0.841. The summed E-state index contributed by atoms with van der Waals surface area (Å²) < 4.78 is 10.8. The number of hydrogen-bond acceptors (Lipinski definition) is 6.